The van der Waals surface area contributed by atoms with Gasteiger partial charge in [0.1, 0.15) is 0 Å². The van der Waals surface area contributed by atoms with Crippen LogP contribution in [0.15, 0.2) is 42.5 Å². The number of hydrogen-bond donors (Lipinski definition) is 2. The van der Waals surface area contributed by atoms with E-state index in [9.17, 15) is 19.2 Å². The van der Waals surface area contributed by atoms with Crippen LogP contribution in [0.2, 0.25) is 0 Å². The smallest absolute Gasteiger partial charge is 0.261 e. The van der Waals surface area contributed by atoms with E-state index in [1.54, 1.807) is 42.5 Å². The molecule has 0 bridgehead atoms. The van der Waals surface area contributed by atoms with E-state index in [4.69, 9.17) is 5.73 Å². The highest BCUT2D eigenvalue weighted by atomic mass is 16.2. The summed E-state index contributed by atoms with van der Waals surface area (Å²) < 4.78 is 0. The van der Waals surface area contributed by atoms with Gasteiger partial charge in [-0.2, -0.15) is 0 Å². The van der Waals surface area contributed by atoms with E-state index in [0.717, 1.165) is 11.1 Å². The summed E-state index contributed by atoms with van der Waals surface area (Å²) in [5.41, 5.74) is 8.20. The first-order valence-electron chi connectivity index (χ1n) is 8.99. The first kappa shape index (κ1) is 19.3. The Bertz CT molecular complexity index is 951. The molecule has 3 N–H and O–H groups in total. The summed E-state index contributed by atoms with van der Waals surface area (Å²) in [6.45, 7) is 2.39. The Morgan fingerprint density at radius 1 is 1.00 bits per heavy atom. The van der Waals surface area contributed by atoms with E-state index in [-0.39, 0.29) is 30.7 Å². The number of nitrogens with two attached hydrogens (primary N) is 1. The van der Waals surface area contributed by atoms with Crippen molar-refractivity contribution in [2.45, 2.75) is 26.3 Å². The first-order valence-corrected chi connectivity index (χ1v) is 8.99. The fraction of sp³-hybridized carbons (Fsp3) is 0.238. The van der Waals surface area contributed by atoms with E-state index in [0.29, 0.717) is 29.7 Å². The van der Waals surface area contributed by atoms with E-state index >= 15 is 0 Å². The maximum absolute atomic E-state index is 12.4. The van der Waals surface area contributed by atoms with Crippen molar-refractivity contribution in [3.63, 3.8) is 0 Å². The molecule has 2 aromatic rings. The predicted molar refractivity (Wildman–Crippen MR) is 103 cm³/mol. The Morgan fingerprint density at radius 3 is 2.36 bits per heavy atom. The van der Waals surface area contributed by atoms with Crippen molar-refractivity contribution < 1.29 is 19.2 Å². The van der Waals surface area contributed by atoms with Crippen LogP contribution in [0.25, 0.3) is 0 Å². The molecule has 0 spiro atoms. The first-order chi connectivity index (χ1) is 13.4. The van der Waals surface area contributed by atoms with Crippen LogP contribution in [0.4, 0.5) is 0 Å². The molecule has 144 valence electrons. The third-order valence-electron chi connectivity index (χ3n) is 4.64. The van der Waals surface area contributed by atoms with Crippen LogP contribution in [-0.4, -0.2) is 35.1 Å². The van der Waals surface area contributed by atoms with Gasteiger partial charge < -0.3 is 11.1 Å². The number of nitrogens with one attached hydrogen (secondary N) is 1. The predicted octanol–water partition coefficient (Wildman–Crippen LogP) is 1.79. The summed E-state index contributed by atoms with van der Waals surface area (Å²) in [7, 11) is 0. The van der Waals surface area contributed by atoms with Gasteiger partial charge in [0.2, 0.25) is 11.8 Å². The minimum atomic E-state index is -0.501. The second kappa shape index (κ2) is 8.04. The number of primary amides is 1. The largest absolute Gasteiger partial charge is 0.366 e. The van der Waals surface area contributed by atoms with Crippen LogP contribution in [0.5, 0.6) is 0 Å². The average molecular weight is 379 g/mol. The van der Waals surface area contributed by atoms with E-state index in [1.807, 2.05) is 6.92 Å². The van der Waals surface area contributed by atoms with Crippen molar-refractivity contribution in [1.29, 1.82) is 0 Å². The number of amides is 4. The van der Waals surface area contributed by atoms with Crippen molar-refractivity contribution in [2.24, 2.45) is 5.73 Å². The molecule has 0 fully saturated rings. The van der Waals surface area contributed by atoms with E-state index in [2.05, 4.69) is 5.32 Å². The van der Waals surface area contributed by atoms with Crippen molar-refractivity contribution in [3.8, 4) is 0 Å². The number of carbonyl (C=O) groups is 4. The summed E-state index contributed by atoms with van der Waals surface area (Å²) in [6, 6.07) is 11.8. The molecule has 0 unspecified atom stereocenters. The van der Waals surface area contributed by atoms with Gasteiger partial charge in [0.25, 0.3) is 11.8 Å². The molecule has 7 heteroatoms. The molecule has 1 aliphatic heterocycles. The van der Waals surface area contributed by atoms with Crippen molar-refractivity contribution in [2.75, 3.05) is 6.54 Å². The molecular weight excluding hydrogens is 358 g/mol. The molecule has 3 rings (SSSR count). The zero-order valence-electron chi connectivity index (χ0n) is 15.5. The molecule has 0 saturated carbocycles. The topological polar surface area (TPSA) is 110 Å². The fourth-order valence-electron chi connectivity index (χ4n) is 3.08. The summed E-state index contributed by atoms with van der Waals surface area (Å²) >= 11 is 0. The van der Waals surface area contributed by atoms with Gasteiger partial charge in [-0.3, -0.25) is 24.1 Å². The van der Waals surface area contributed by atoms with Crippen LogP contribution >= 0.6 is 0 Å². The van der Waals surface area contributed by atoms with Gasteiger partial charge in [0.05, 0.1) is 11.1 Å². The number of imide groups is 1. The lowest BCUT2D eigenvalue weighted by atomic mass is 10.1. The van der Waals surface area contributed by atoms with Gasteiger partial charge in [0.15, 0.2) is 0 Å². The summed E-state index contributed by atoms with van der Waals surface area (Å²) in [6.07, 6.45) is 0.586. The minimum Gasteiger partial charge on any atom is -0.366 e. The van der Waals surface area contributed by atoms with Crippen molar-refractivity contribution in [3.05, 3.63) is 70.3 Å². The number of fused-ring (bicyclic) bond motifs is 1. The van der Waals surface area contributed by atoms with Crippen LogP contribution in [0.1, 0.15) is 55.0 Å². The van der Waals surface area contributed by atoms with Gasteiger partial charge in [-0.25, -0.2) is 0 Å². The molecule has 28 heavy (non-hydrogen) atoms. The van der Waals surface area contributed by atoms with Gasteiger partial charge >= 0.3 is 0 Å². The lowest BCUT2D eigenvalue weighted by molar-refractivity contribution is -0.121. The van der Waals surface area contributed by atoms with Crippen LogP contribution in [0, 0.1) is 6.92 Å². The zero-order valence-corrected chi connectivity index (χ0v) is 15.5. The van der Waals surface area contributed by atoms with Crippen molar-refractivity contribution in [1.82, 2.24) is 10.2 Å². The molecule has 4 amide bonds. The molecule has 1 heterocycles. The lowest BCUT2D eigenvalue weighted by Crippen LogP contribution is -2.32. The maximum Gasteiger partial charge on any atom is 0.261 e. The Kier molecular flexibility index (Phi) is 5.54. The lowest BCUT2D eigenvalue weighted by Gasteiger charge is -2.13. The quantitative estimate of drug-likeness (QED) is 0.715. The highest BCUT2D eigenvalue weighted by Crippen LogP contribution is 2.24. The number of nitrogens with zero attached hydrogens (tertiary/aromatic N) is 1. The highest BCUT2D eigenvalue weighted by Gasteiger charge is 2.34. The van der Waals surface area contributed by atoms with Gasteiger partial charge in [0, 0.05) is 25.1 Å². The van der Waals surface area contributed by atoms with Gasteiger partial charge in [-0.15, -0.1) is 0 Å². The summed E-state index contributed by atoms with van der Waals surface area (Å²) in [4.78, 5) is 49.0. The summed E-state index contributed by atoms with van der Waals surface area (Å²) in [5, 5.41) is 2.78. The van der Waals surface area contributed by atoms with Gasteiger partial charge in [-0.1, -0.05) is 23.8 Å². The average Bonchev–Trinajstić information content (AvgIpc) is 2.91. The normalized spacial score (nSPS) is 12.8. The van der Waals surface area contributed by atoms with Crippen molar-refractivity contribution >= 4 is 23.6 Å². The molecule has 0 saturated heterocycles. The standard InChI is InChI=1S/C21H21N3O4/c1-13-4-9-16-17(11-13)21(28)24(20(16)27)10-2-3-18(25)23-12-14-5-7-15(8-6-14)19(22)26/h4-9,11H,2-3,10,12H2,1H3,(H2,22,26)(H,23,25). The second-order valence-electron chi connectivity index (χ2n) is 6.75. The number of benzene rings is 2. The Hall–Kier alpha value is -3.48. The molecule has 1 aliphatic rings. The maximum atomic E-state index is 12.4. The molecule has 0 radical (unpaired) electrons. The Morgan fingerprint density at radius 2 is 1.68 bits per heavy atom. The highest BCUT2D eigenvalue weighted by molar-refractivity contribution is 6.21. The number of rotatable bonds is 7. The summed E-state index contributed by atoms with van der Waals surface area (Å²) in [5.74, 6) is -1.29. The van der Waals surface area contributed by atoms with Crippen LogP contribution < -0.4 is 11.1 Å². The van der Waals surface area contributed by atoms with E-state index in [1.165, 1.54) is 4.90 Å². The van der Waals surface area contributed by atoms with Crippen LogP contribution in [-0.2, 0) is 11.3 Å². The number of aryl methyl sites for hydroxylation is 1. The molecule has 2 aromatic carbocycles. The molecule has 0 aliphatic carbocycles. The minimum absolute atomic E-state index is 0.175. The molecule has 7 nitrogen and oxygen atoms in total. The molecule has 0 atom stereocenters. The van der Waals surface area contributed by atoms with E-state index < -0.39 is 5.91 Å². The monoisotopic (exact) mass is 379 g/mol. The molecule has 0 aromatic heterocycles. The SMILES string of the molecule is Cc1ccc2c(c1)C(=O)N(CCCC(=O)NCc1ccc(C(N)=O)cc1)C2=O. The van der Waals surface area contributed by atoms with Crippen LogP contribution in [0.3, 0.4) is 0 Å². The zero-order chi connectivity index (χ0) is 20.3. The van der Waals surface area contributed by atoms with Gasteiger partial charge in [-0.05, 0) is 43.2 Å². The Labute approximate surface area is 162 Å². The second-order valence-corrected chi connectivity index (χ2v) is 6.75. The number of carbonyl (C=O) groups excluding carboxylic acids is 4. The fourth-order valence-corrected chi connectivity index (χ4v) is 3.08. The third-order valence-corrected chi connectivity index (χ3v) is 4.64. The molecular formula is C21H21N3O4. The number of hydrogen-bond acceptors (Lipinski definition) is 4. The third kappa shape index (κ3) is 4.09. The Balaban J connectivity index is 1.46.